The van der Waals surface area contributed by atoms with E-state index in [1.54, 1.807) is 29.7 Å². The lowest BCUT2D eigenvalue weighted by Crippen LogP contribution is -2.40. The number of nitrogens with zero attached hydrogens (tertiary/aromatic N) is 4. The normalized spacial score (nSPS) is 13.4. The Morgan fingerprint density at radius 2 is 1.17 bits per heavy atom. The number of rotatable bonds is 9. The van der Waals surface area contributed by atoms with Crippen LogP contribution < -0.4 is 9.80 Å². The fourth-order valence-corrected chi connectivity index (χ4v) is 7.86. The van der Waals surface area contributed by atoms with Gasteiger partial charge in [0.2, 0.25) is 0 Å². The average molecular weight is 863 g/mol. The van der Waals surface area contributed by atoms with E-state index in [4.69, 9.17) is 23.9 Å². The average Bonchev–Trinajstić information content (AvgIpc) is 3.85. The number of carbonyl (C=O) groups excluding carboxylic acids is 4. The predicted octanol–water partition coefficient (Wildman–Crippen LogP) is 11.2. The second-order valence-corrected chi connectivity index (χ2v) is 18.0. The monoisotopic (exact) mass is 862 g/mol. The third-order valence-electron chi connectivity index (χ3n) is 8.67. The first kappa shape index (κ1) is 49.3. The first-order valence-corrected chi connectivity index (χ1v) is 21.4. The number of esters is 2. The van der Waals surface area contributed by atoms with Crippen LogP contribution in [0, 0.1) is 0 Å². The van der Waals surface area contributed by atoms with Crippen LogP contribution in [0.4, 0.5) is 21.2 Å². The van der Waals surface area contributed by atoms with Crippen molar-refractivity contribution < 1.29 is 38.1 Å². The van der Waals surface area contributed by atoms with Gasteiger partial charge in [-0.05, 0) is 154 Å². The maximum atomic E-state index is 12.6. The van der Waals surface area contributed by atoms with Gasteiger partial charge in [0.15, 0.2) is 0 Å². The second-order valence-electron chi connectivity index (χ2n) is 15.7. The molecule has 6 rings (SSSR count). The Kier molecular flexibility index (Phi) is 18.0. The Balaban J connectivity index is 0.000000310. The van der Waals surface area contributed by atoms with E-state index in [-0.39, 0.29) is 39.0 Å². The molecule has 0 unspecified atom stereocenters. The largest absolute Gasteiger partial charge is 0.462 e. The molecule has 4 aromatic heterocycles. The topological polar surface area (TPSA) is 137 Å². The lowest BCUT2D eigenvalue weighted by molar-refractivity contribution is 0.0522. The van der Waals surface area contributed by atoms with Gasteiger partial charge >= 0.3 is 24.1 Å². The Morgan fingerprint density at radius 1 is 0.650 bits per heavy atom. The summed E-state index contributed by atoms with van der Waals surface area (Å²) in [5, 5.41) is 0. The SMILES string of the molecule is C.C.CCOC(=O)c1ccc(/C=C/c2ccc3c(n2)N(C(=O)OC(C)(C)C)CCC3)s1.CCOC(=O)c1ccc(CCc2ccc3c(n2)N(C(=O)OC(C)(C)C)CCC3)s1. The number of carbonyl (C=O) groups is 4. The van der Waals surface area contributed by atoms with Crippen molar-refractivity contribution in [1.29, 1.82) is 0 Å². The molecular formula is C46H62N4O8S2. The molecule has 326 valence electrons. The molecular weight excluding hydrogens is 801 g/mol. The van der Waals surface area contributed by atoms with Gasteiger partial charge in [0.05, 0.1) is 18.9 Å². The van der Waals surface area contributed by atoms with Gasteiger partial charge in [0.25, 0.3) is 0 Å². The molecule has 12 nitrogen and oxygen atoms in total. The Bertz CT molecular complexity index is 2110. The quantitative estimate of drug-likeness (QED) is 0.118. The van der Waals surface area contributed by atoms with Gasteiger partial charge in [0, 0.05) is 28.5 Å². The standard InChI is InChI=1S/C22H28N2O4S.C22H26N2O4S.2CH4/c2*1-5-27-20(25)18-13-12-17(29-18)11-10-16-9-8-15-7-6-14-24(19(15)23-16)21(26)28-22(2,3)4;;/h8-9,12-13H,5-7,10-11,14H2,1-4H3;8-13H,5-7,14H2,1-4H3;2*1H4/b;11-10+;;. The fourth-order valence-electron chi connectivity index (χ4n) is 6.15. The summed E-state index contributed by atoms with van der Waals surface area (Å²) in [6.07, 6.45) is 8.17. The zero-order valence-corrected chi connectivity index (χ0v) is 36.3. The summed E-state index contributed by atoms with van der Waals surface area (Å²) >= 11 is 2.82. The summed E-state index contributed by atoms with van der Waals surface area (Å²) in [5.74, 6) is 0.785. The summed E-state index contributed by atoms with van der Waals surface area (Å²) in [6.45, 7) is 16.7. The Labute approximate surface area is 363 Å². The molecule has 0 aromatic carbocycles. The van der Waals surface area contributed by atoms with Crippen LogP contribution in [0.5, 0.6) is 0 Å². The van der Waals surface area contributed by atoms with Crippen LogP contribution in [-0.2, 0) is 44.6 Å². The van der Waals surface area contributed by atoms with Gasteiger partial charge in [0.1, 0.15) is 32.6 Å². The minimum absolute atomic E-state index is 0. The van der Waals surface area contributed by atoms with Crippen molar-refractivity contribution in [2.75, 3.05) is 36.1 Å². The number of aryl methyl sites for hydroxylation is 4. The predicted molar refractivity (Wildman–Crippen MR) is 243 cm³/mol. The maximum absolute atomic E-state index is 12.6. The van der Waals surface area contributed by atoms with E-state index in [0.717, 1.165) is 70.8 Å². The number of thiophene rings is 2. The zero-order chi connectivity index (χ0) is 42.0. The highest BCUT2D eigenvalue weighted by atomic mass is 32.1. The number of ether oxygens (including phenoxy) is 4. The van der Waals surface area contributed by atoms with Gasteiger partial charge in [-0.2, -0.15) is 0 Å². The molecule has 0 fully saturated rings. The highest BCUT2D eigenvalue weighted by Crippen LogP contribution is 2.30. The number of hydrogen-bond donors (Lipinski definition) is 0. The van der Waals surface area contributed by atoms with Crippen LogP contribution in [0.3, 0.4) is 0 Å². The smallest absolute Gasteiger partial charge is 0.416 e. The van der Waals surface area contributed by atoms with E-state index < -0.39 is 11.2 Å². The fraction of sp³-hybridized carbons (Fsp3) is 0.478. The summed E-state index contributed by atoms with van der Waals surface area (Å²) < 4.78 is 21.2. The highest BCUT2D eigenvalue weighted by Gasteiger charge is 2.30. The molecule has 0 aliphatic carbocycles. The van der Waals surface area contributed by atoms with E-state index in [0.29, 0.717) is 47.7 Å². The van der Waals surface area contributed by atoms with Crippen molar-refractivity contribution in [3.63, 3.8) is 0 Å². The molecule has 4 aromatic rings. The molecule has 0 spiro atoms. The van der Waals surface area contributed by atoms with Crippen molar-refractivity contribution in [1.82, 2.24) is 9.97 Å². The van der Waals surface area contributed by atoms with Crippen molar-refractivity contribution in [2.24, 2.45) is 0 Å². The number of anilines is 2. The van der Waals surface area contributed by atoms with E-state index in [2.05, 4.69) is 11.1 Å². The van der Waals surface area contributed by atoms with Gasteiger partial charge in [-0.1, -0.05) is 27.0 Å². The molecule has 0 saturated carbocycles. The summed E-state index contributed by atoms with van der Waals surface area (Å²) in [5.41, 5.74) is 2.69. The van der Waals surface area contributed by atoms with E-state index >= 15 is 0 Å². The molecule has 0 bridgehead atoms. The molecule has 0 saturated heterocycles. The van der Waals surface area contributed by atoms with Crippen molar-refractivity contribution in [2.45, 2.75) is 120 Å². The first-order valence-electron chi connectivity index (χ1n) is 19.7. The van der Waals surface area contributed by atoms with Crippen molar-refractivity contribution in [3.05, 3.63) is 90.6 Å². The zero-order valence-electron chi connectivity index (χ0n) is 34.7. The minimum atomic E-state index is -0.554. The Hall–Kier alpha value is -5.08. The highest BCUT2D eigenvalue weighted by molar-refractivity contribution is 7.15. The lowest BCUT2D eigenvalue weighted by atomic mass is 10.0. The molecule has 6 heterocycles. The van der Waals surface area contributed by atoms with Crippen molar-refractivity contribution >= 4 is 70.6 Å². The Morgan fingerprint density at radius 3 is 1.72 bits per heavy atom. The van der Waals surface area contributed by atoms with Crippen LogP contribution in [0.2, 0.25) is 0 Å². The molecule has 2 aliphatic rings. The van der Waals surface area contributed by atoms with Crippen LogP contribution in [-0.4, -0.2) is 71.6 Å². The van der Waals surface area contributed by atoms with Gasteiger partial charge in [-0.15, -0.1) is 22.7 Å². The molecule has 0 atom stereocenters. The summed E-state index contributed by atoms with van der Waals surface area (Å²) in [7, 11) is 0. The minimum Gasteiger partial charge on any atom is -0.462 e. The molecule has 2 aliphatic heterocycles. The van der Waals surface area contributed by atoms with E-state index in [9.17, 15) is 19.2 Å². The second kappa shape index (κ2) is 22.0. The molecule has 14 heteroatoms. The maximum Gasteiger partial charge on any atom is 0.416 e. The number of aromatic nitrogens is 2. The van der Waals surface area contributed by atoms with Crippen LogP contribution in [0.25, 0.3) is 12.2 Å². The molecule has 0 radical (unpaired) electrons. The molecule has 2 amide bonds. The third kappa shape index (κ3) is 14.0. The van der Waals surface area contributed by atoms with Gasteiger partial charge in [-0.3, -0.25) is 9.80 Å². The first-order chi connectivity index (χ1) is 27.5. The van der Waals surface area contributed by atoms with E-state index in [1.807, 2.05) is 90.1 Å². The van der Waals surface area contributed by atoms with Crippen LogP contribution in [0.1, 0.15) is 135 Å². The molecule has 60 heavy (non-hydrogen) atoms. The van der Waals surface area contributed by atoms with Crippen molar-refractivity contribution in [3.8, 4) is 0 Å². The van der Waals surface area contributed by atoms with Gasteiger partial charge < -0.3 is 18.9 Å². The number of hydrogen-bond acceptors (Lipinski definition) is 12. The molecule has 0 N–H and O–H groups in total. The van der Waals surface area contributed by atoms with Gasteiger partial charge in [-0.25, -0.2) is 29.1 Å². The number of amides is 2. The van der Waals surface area contributed by atoms with E-state index in [1.165, 1.54) is 22.7 Å². The number of fused-ring (bicyclic) bond motifs is 2. The number of pyridine rings is 2. The summed E-state index contributed by atoms with van der Waals surface area (Å²) in [6, 6.07) is 15.4. The third-order valence-corrected chi connectivity index (χ3v) is 10.8. The summed E-state index contributed by atoms with van der Waals surface area (Å²) in [4.78, 5) is 64.8. The van der Waals surface area contributed by atoms with Crippen LogP contribution >= 0.6 is 22.7 Å². The van der Waals surface area contributed by atoms with Crippen LogP contribution in [0.15, 0.2) is 48.5 Å². The lowest BCUT2D eigenvalue weighted by Gasteiger charge is -2.31.